The molecule has 26 heavy (non-hydrogen) atoms. The van der Waals surface area contributed by atoms with E-state index in [4.69, 9.17) is 16.6 Å². The van der Waals surface area contributed by atoms with Crippen LogP contribution in [0.4, 0.5) is 5.95 Å². The molecule has 138 valence electrons. The second-order valence-corrected chi connectivity index (χ2v) is 9.56. The quantitative estimate of drug-likeness (QED) is 0.737. The smallest absolute Gasteiger partial charge is 0.263 e. The van der Waals surface area contributed by atoms with E-state index in [0.717, 1.165) is 18.9 Å². The van der Waals surface area contributed by atoms with Crippen LogP contribution in [-0.4, -0.2) is 22.1 Å². The number of fused-ring (bicyclic) bond motifs is 3. The van der Waals surface area contributed by atoms with E-state index in [9.17, 15) is 4.79 Å². The van der Waals surface area contributed by atoms with Gasteiger partial charge in [0.15, 0.2) is 0 Å². The van der Waals surface area contributed by atoms with E-state index >= 15 is 0 Å². The van der Waals surface area contributed by atoms with Crippen molar-refractivity contribution in [2.45, 2.75) is 52.6 Å². The van der Waals surface area contributed by atoms with Gasteiger partial charge >= 0.3 is 0 Å². The minimum atomic E-state index is -0.0433. The van der Waals surface area contributed by atoms with Crippen LogP contribution in [0.1, 0.15) is 40.0 Å². The molecule has 0 spiro atoms. The van der Waals surface area contributed by atoms with E-state index in [1.54, 1.807) is 22.8 Å². The van der Waals surface area contributed by atoms with Crippen molar-refractivity contribution in [2.24, 2.45) is 10.8 Å². The lowest BCUT2D eigenvalue weighted by molar-refractivity contribution is 0.136. The van der Waals surface area contributed by atoms with Crippen LogP contribution in [0.5, 0.6) is 0 Å². The van der Waals surface area contributed by atoms with Crippen molar-refractivity contribution in [3.05, 3.63) is 46.2 Å². The van der Waals surface area contributed by atoms with E-state index in [0.29, 0.717) is 33.9 Å². The van der Waals surface area contributed by atoms with Gasteiger partial charge in [-0.1, -0.05) is 38.4 Å². The number of hydrogen-bond donors (Lipinski definition) is 0. The summed E-state index contributed by atoms with van der Waals surface area (Å²) in [6.45, 7) is 12.3. The van der Waals surface area contributed by atoms with Crippen molar-refractivity contribution < 1.29 is 0 Å². The van der Waals surface area contributed by atoms with Crippen LogP contribution in [0, 0.1) is 10.8 Å². The van der Waals surface area contributed by atoms with Crippen LogP contribution in [-0.2, 0) is 6.54 Å². The Bertz CT molecular complexity index is 948. The molecule has 0 amide bonds. The van der Waals surface area contributed by atoms with Crippen molar-refractivity contribution in [3.63, 3.8) is 0 Å². The van der Waals surface area contributed by atoms with Crippen LogP contribution in [0.15, 0.2) is 35.6 Å². The molecular weight excluding hydrogens is 346 g/mol. The molecule has 2 fully saturated rings. The van der Waals surface area contributed by atoms with Gasteiger partial charge in [-0.15, -0.1) is 6.58 Å². The molecule has 0 radical (unpaired) electrons. The largest absolute Gasteiger partial charge is 0.339 e. The summed E-state index contributed by atoms with van der Waals surface area (Å²) in [5, 5.41) is 1.12. The van der Waals surface area contributed by atoms with Gasteiger partial charge in [0.2, 0.25) is 5.95 Å². The Labute approximate surface area is 159 Å². The fourth-order valence-corrected chi connectivity index (χ4v) is 5.56. The number of rotatable bonds is 3. The molecule has 4 nitrogen and oxygen atoms in total. The zero-order chi connectivity index (χ0) is 18.7. The highest BCUT2D eigenvalue weighted by atomic mass is 35.5. The molecule has 1 aromatic heterocycles. The molecule has 2 aliphatic rings. The predicted molar refractivity (Wildman–Crippen MR) is 108 cm³/mol. The van der Waals surface area contributed by atoms with E-state index in [1.165, 1.54) is 12.8 Å². The molecule has 1 saturated heterocycles. The van der Waals surface area contributed by atoms with Gasteiger partial charge in [-0.3, -0.25) is 9.36 Å². The topological polar surface area (TPSA) is 38.1 Å². The Morgan fingerprint density at radius 1 is 1.35 bits per heavy atom. The molecule has 2 atom stereocenters. The summed E-state index contributed by atoms with van der Waals surface area (Å²) in [6, 6.07) is 5.78. The number of benzene rings is 1. The average Bonchev–Trinajstić information content (AvgIpc) is 2.79. The molecule has 2 heterocycles. The van der Waals surface area contributed by atoms with Crippen LogP contribution >= 0.6 is 11.6 Å². The second-order valence-electron chi connectivity index (χ2n) is 9.12. The zero-order valence-electron chi connectivity index (χ0n) is 15.8. The van der Waals surface area contributed by atoms with Gasteiger partial charge in [-0.2, -0.15) is 0 Å². The van der Waals surface area contributed by atoms with Gasteiger partial charge in [-0.05, 0) is 48.3 Å². The van der Waals surface area contributed by atoms with E-state index < -0.39 is 0 Å². The van der Waals surface area contributed by atoms with Gasteiger partial charge in [0.05, 0.1) is 10.9 Å². The second kappa shape index (κ2) is 5.85. The fourth-order valence-electron chi connectivity index (χ4n) is 5.39. The SMILES string of the molecule is C=CCn1c(N2C[C@]3(C)C[C@H]2CC(C)(C)C3)nc2ccc(Cl)cc2c1=O. The monoisotopic (exact) mass is 371 g/mol. The molecule has 2 bridgehead atoms. The Morgan fingerprint density at radius 3 is 2.85 bits per heavy atom. The maximum Gasteiger partial charge on any atom is 0.263 e. The Morgan fingerprint density at radius 2 is 2.12 bits per heavy atom. The molecule has 0 N–H and O–H groups in total. The van der Waals surface area contributed by atoms with Crippen LogP contribution in [0.25, 0.3) is 10.9 Å². The molecule has 1 saturated carbocycles. The number of allylic oxidation sites excluding steroid dienone is 1. The fraction of sp³-hybridized carbons (Fsp3) is 0.524. The minimum Gasteiger partial charge on any atom is -0.339 e. The van der Waals surface area contributed by atoms with E-state index in [2.05, 4.69) is 32.3 Å². The molecule has 1 aromatic carbocycles. The molecular formula is C21H26ClN3O. The van der Waals surface area contributed by atoms with Crippen molar-refractivity contribution in [2.75, 3.05) is 11.4 Å². The van der Waals surface area contributed by atoms with Crippen molar-refractivity contribution in [1.82, 2.24) is 9.55 Å². The number of halogens is 1. The van der Waals surface area contributed by atoms with Crippen molar-refractivity contribution in [3.8, 4) is 0 Å². The first-order chi connectivity index (χ1) is 12.2. The summed E-state index contributed by atoms with van der Waals surface area (Å²) < 4.78 is 1.75. The predicted octanol–water partition coefficient (Wildman–Crippen LogP) is 4.64. The third-order valence-corrected chi connectivity index (χ3v) is 6.11. The first-order valence-electron chi connectivity index (χ1n) is 9.29. The molecule has 2 aromatic rings. The normalized spacial score (nSPS) is 27.1. The minimum absolute atomic E-state index is 0.0433. The van der Waals surface area contributed by atoms with E-state index in [1.807, 2.05) is 6.07 Å². The van der Waals surface area contributed by atoms with Gasteiger partial charge in [0.25, 0.3) is 5.56 Å². The third kappa shape index (κ3) is 2.84. The number of hydrogen-bond acceptors (Lipinski definition) is 3. The molecule has 0 unspecified atom stereocenters. The summed E-state index contributed by atoms with van der Waals surface area (Å²) in [6.07, 6.45) is 5.27. The van der Waals surface area contributed by atoms with Gasteiger partial charge in [0, 0.05) is 24.2 Å². The van der Waals surface area contributed by atoms with Crippen molar-refractivity contribution >= 4 is 28.5 Å². The molecule has 1 aliphatic carbocycles. The maximum atomic E-state index is 13.1. The third-order valence-electron chi connectivity index (χ3n) is 5.88. The van der Waals surface area contributed by atoms with Gasteiger partial charge in [-0.25, -0.2) is 4.98 Å². The first kappa shape index (κ1) is 17.6. The lowest BCUT2D eigenvalue weighted by atomic mass is 9.65. The molecule has 5 heteroatoms. The Balaban J connectivity index is 1.89. The average molecular weight is 372 g/mol. The lowest BCUT2D eigenvalue weighted by Gasteiger charge is -2.39. The number of anilines is 1. The van der Waals surface area contributed by atoms with Gasteiger partial charge in [0.1, 0.15) is 0 Å². The highest BCUT2D eigenvalue weighted by Gasteiger charge is 2.50. The maximum absolute atomic E-state index is 13.1. The summed E-state index contributed by atoms with van der Waals surface area (Å²) in [7, 11) is 0. The number of aromatic nitrogens is 2. The molecule has 4 rings (SSSR count). The van der Waals surface area contributed by atoms with Crippen molar-refractivity contribution in [1.29, 1.82) is 0 Å². The standard InChI is InChI=1S/C21H26ClN3O/c1-5-8-24-18(26)16-9-14(22)6-7-17(16)23-19(24)25-13-21(4)11-15(25)10-20(2,3)12-21/h5-7,9,15H,1,8,10-13H2,2-4H3/t15-,21-/m1/s1. The first-order valence-corrected chi connectivity index (χ1v) is 9.67. The molecule has 1 aliphatic heterocycles. The van der Waals surface area contributed by atoms with Crippen LogP contribution in [0.2, 0.25) is 5.02 Å². The Hall–Kier alpha value is -1.81. The Kier molecular flexibility index (Phi) is 3.96. The lowest BCUT2D eigenvalue weighted by Crippen LogP contribution is -2.38. The summed E-state index contributed by atoms with van der Waals surface area (Å²) in [5.74, 6) is 0.774. The summed E-state index contributed by atoms with van der Waals surface area (Å²) >= 11 is 6.10. The van der Waals surface area contributed by atoms with E-state index in [-0.39, 0.29) is 11.0 Å². The summed E-state index contributed by atoms with van der Waals surface area (Å²) in [4.78, 5) is 20.4. The highest BCUT2D eigenvalue weighted by molar-refractivity contribution is 6.31. The zero-order valence-corrected chi connectivity index (χ0v) is 16.5. The summed E-state index contributed by atoms with van der Waals surface area (Å²) in [5.41, 5.74) is 1.26. The highest BCUT2D eigenvalue weighted by Crippen LogP contribution is 2.53. The van der Waals surface area contributed by atoms with Crippen LogP contribution in [0.3, 0.4) is 0 Å². The van der Waals surface area contributed by atoms with Crippen LogP contribution < -0.4 is 10.5 Å². The number of nitrogens with zero attached hydrogens (tertiary/aromatic N) is 3. The van der Waals surface area contributed by atoms with Gasteiger partial charge < -0.3 is 4.90 Å².